The molecule has 0 aliphatic carbocycles. The maximum absolute atomic E-state index is 13.0. The number of thiazole rings is 1. The van der Waals surface area contributed by atoms with Crippen LogP contribution in [-0.4, -0.2) is 18.1 Å². The van der Waals surface area contributed by atoms with Gasteiger partial charge in [0, 0.05) is 30.0 Å². The van der Waals surface area contributed by atoms with Crippen LogP contribution < -0.4 is 5.32 Å². The van der Waals surface area contributed by atoms with E-state index in [0.717, 1.165) is 19.5 Å². The van der Waals surface area contributed by atoms with E-state index in [1.54, 1.807) is 23.5 Å². The fourth-order valence-corrected chi connectivity index (χ4v) is 3.47. The van der Waals surface area contributed by atoms with E-state index in [2.05, 4.69) is 10.3 Å². The second-order valence-corrected chi connectivity index (χ2v) is 5.55. The molecule has 3 rings (SSSR count). The van der Waals surface area contributed by atoms with Gasteiger partial charge in [-0.2, -0.15) is 0 Å². The summed E-state index contributed by atoms with van der Waals surface area (Å²) in [7, 11) is 0. The third kappa shape index (κ3) is 2.31. The number of halogens is 1. The molecule has 2 unspecified atom stereocenters. The highest BCUT2D eigenvalue weighted by Gasteiger charge is 2.29. The van der Waals surface area contributed by atoms with Crippen molar-refractivity contribution in [2.24, 2.45) is 0 Å². The number of nitrogens with one attached hydrogen (secondary N) is 1. The molecule has 1 aromatic carbocycles. The Morgan fingerprint density at radius 1 is 1.22 bits per heavy atom. The summed E-state index contributed by atoms with van der Waals surface area (Å²) in [6.07, 6.45) is 2.96. The van der Waals surface area contributed by atoms with E-state index in [1.807, 2.05) is 23.7 Å². The fourth-order valence-electron chi connectivity index (χ4n) is 2.63. The number of benzene rings is 1. The number of piperidine rings is 1. The third-order valence-electron chi connectivity index (χ3n) is 3.55. The van der Waals surface area contributed by atoms with Crippen LogP contribution in [0, 0.1) is 5.82 Å². The number of hydrogen-bond acceptors (Lipinski definition) is 3. The highest BCUT2D eigenvalue weighted by Crippen LogP contribution is 2.37. The lowest BCUT2D eigenvalue weighted by Crippen LogP contribution is -2.33. The Labute approximate surface area is 110 Å². The van der Waals surface area contributed by atoms with Crippen molar-refractivity contribution in [3.8, 4) is 0 Å². The van der Waals surface area contributed by atoms with E-state index >= 15 is 0 Å². The highest BCUT2D eigenvalue weighted by molar-refractivity contribution is 7.09. The maximum Gasteiger partial charge on any atom is 0.123 e. The van der Waals surface area contributed by atoms with E-state index in [-0.39, 0.29) is 5.82 Å². The lowest BCUT2D eigenvalue weighted by Gasteiger charge is -2.31. The van der Waals surface area contributed by atoms with Crippen LogP contribution in [0.5, 0.6) is 0 Å². The molecule has 1 N–H and O–H groups in total. The van der Waals surface area contributed by atoms with Crippen LogP contribution in [0.4, 0.5) is 4.39 Å². The number of hydrogen-bond donors (Lipinski definition) is 1. The van der Waals surface area contributed by atoms with Gasteiger partial charge in [0.05, 0.1) is 5.01 Å². The van der Waals surface area contributed by atoms with Crippen molar-refractivity contribution in [3.05, 3.63) is 52.2 Å². The molecular formula is C14H15FN2S. The van der Waals surface area contributed by atoms with Gasteiger partial charge in [0.1, 0.15) is 5.82 Å². The van der Waals surface area contributed by atoms with Gasteiger partial charge in [-0.3, -0.25) is 0 Å². The van der Waals surface area contributed by atoms with E-state index in [9.17, 15) is 4.39 Å². The van der Waals surface area contributed by atoms with Gasteiger partial charge in [0.25, 0.3) is 0 Å². The number of rotatable bonds is 2. The van der Waals surface area contributed by atoms with Crippen molar-refractivity contribution in [2.45, 2.75) is 18.3 Å². The zero-order valence-electron chi connectivity index (χ0n) is 9.97. The second-order valence-electron chi connectivity index (χ2n) is 4.63. The zero-order chi connectivity index (χ0) is 12.4. The molecule has 94 valence electrons. The summed E-state index contributed by atoms with van der Waals surface area (Å²) in [6.45, 7) is 1.97. The minimum Gasteiger partial charge on any atom is -0.316 e. The minimum absolute atomic E-state index is 0.173. The smallest absolute Gasteiger partial charge is 0.123 e. The summed E-state index contributed by atoms with van der Waals surface area (Å²) in [6, 6.07) is 6.88. The van der Waals surface area contributed by atoms with Crippen molar-refractivity contribution >= 4 is 11.3 Å². The average molecular weight is 262 g/mol. The molecule has 2 nitrogen and oxygen atoms in total. The van der Waals surface area contributed by atoms with Crippen LogP contribution in [0.1, 0.15) is 28.8 Å². The van der Waals surface area contributed by atoms with Gasteiger partial charge in [-0.15, -0.1) is 11.3 Å². The van der Waals surface area contributed by atoms with Crippen molar-refractivity contribution in [2.75, 3.05) is 13.1 Å². The Kier molecular flexibility index (Phi) is 3.39. The average Bonchev–Trinajstić information content (AvgIpc) is 2.93. The molecule has 0 amide bonds. The van der Waals surface area contributed by atoms with Crippen LogP contribution in [-0.2, 0) is 0 Å². The van der Waals surface area contributed by atoms with Gasteiger partial charge < -0.3 is 5.32 Å². The summed E-state index contributed by atoms with van der Waals surface area (Å²) >= 11 is 1.72. The maximum atomic E-state index is 13.0. The highest BCUT2D eigenvalue weighted by atomic mass is 32.1. The zero-order valence-corrected chi connectivity index (χ0v) is 10.8. The molecule has 1 fully saturated rings. The monoisotopic (exact) mass is 262 g/mol. The van der Waals surface area contributed by atoms with Gasteiger partial charge in [0.15, 0.2) is 0 Å². The van der Waals surface area contributed by atoms with E-state index < -0.39 is 0 Å². The number of nitrogens with zero attached hydrogens (tertiary/aromatic N) is 1. The number of aromatic nitrogens is 1. The van der Waals surface area contributed by atoms with Crippen LogP contribution in [0.2, 0.25) is 0 Å². The van der Waals surface area contributed by atoms with E-state index in [0.29, 0.717) is 11.8 Å². The van der Waals surface area contributed by atoms with E-state index in [4.69, 9.17) is 0 Å². The van der Waals surface area contributed by atoms with Gasteiger partial charge in [-0.1, -0.05) is 12.1 Å². The first-order chi connectivity index (χ1) is 8.84. The van der Waals surface area contributed by atoms with Crippen molar-refractivity contribution < 1.29 is 4.39 Å². The Morgan fingerprint density at radius 2 is 2.06 bits per heavy atom. The molecule has 1 aliphatic rings. The molecule has 2 aromatic rings. The van der Waals surface area contributed by atoms with Crippen LogP contribution in [0.25, 0.3) is 0 Å². The van der Waals surface area contributed by atoms with Crippen molar-refractivity contribution in [3.63, 3.8) is 0 Å². The summed E-state index contributed by atoms with van der Waals surface area (Å²) < 4.78 is 13.0. The molecule has 1 aromatic heterocycles. The molecule has 1 saturated heterocycles. The quantitative estimate of drug-likeness (QED) is 0.899. The van der Waals surface area contributed by atoms with E-state index in [1.165, 1.54) is 10.6 Å². The predicted molar refractivity (Wildman–Crippen MR) is 71.5 cm³/mol. The van der Waals surface area contributed by atoms with Crippen LogP contribution in [0.15, 0.2) is 35.8 Å². The SMILES string of the molecule is Fc1ccc(C2CNCCC2c2nccs2)cc1. The van der Waals surface area contributed by atoms with Crippen molar-refractivity contribution in [1.29, 1.82) is 0 Å². The molecule has 2 atom stereocenters. The first-order valence-electron chi connectivity index (χ1n) is 6.20. The molecule has 0 bridgehead atoms. The molecule has 18 heavy (non-hydrogen) atoms. The van der Waals surface area contributed by atoms with Gasteiger partial charge in [0.2, 0.25) is 0 Å². The standard InChI is InChI=1S/C14H15FN2S/c15-11-3-1-10(2-4-11)13-9-16-6-5-12(13)14-17-7-8-18-14/h1-4,7-8,12-13,16H,5-6,9H2. The topological polar surface area (TPSA) is 24.9 Å². The Morgan fingerprint density at radius 3 is 2.78 bits per heavy atom. The summed E-state index contributed by atoms with van der Waals surface area (Å²) in [5, 5.41) is 6.65. The van der Waals surface area contributed by atoms with Crippen LogP contribution >= 0.6 is 11.3 Å². The lowest BCUT2D eigenvalue weighted by atomic mass is 9.82. The van der Waals surface area contributed by atoms with Gasteiger partial charge in [-0.05, 0) is 30.7 Å². The van der Waals surface area contributed by atoms with Gasteiger partial charge in [-0.25, -0.2) is 9.37 Å². The largest absolute Gasteiger partial charge is 0.316 e. The first kappa shape index (κ1) is 11.8. The van der Waals surface area contributed by atoms with Crippen LogP contribution in [0.3, 0.4) is 0 Å². The molecule has 1 aliphatic heterocycles. The molecule has 0 saturated carbocycles. The summed E-state index contributed by atoms with van der Waals surface area (Å²) in [5.74, 6) is 0.676. The minimum atomic E-state index is -0.173. The molecule has 0 spiro atoms. The molecular weight excluding hydrogens is 247 g/mol. The Balaban J connectivity index is 1.90. The molecule has 0 radical (unpaired) electrons. The second kappa shape index (κ2) is 5.16. The fraction of sp³-hybridized carbons (Fsp3) is 0.357. The normalized spacial score (nSPS) is 24.1. The lowest BCUT2D eigenvalue weighted by molar-refractivity contribution is 0.403. The predicted octanol–water partition coefficient (Wildman–Crippen LogP) is 3.14. The molecule has 2 heterocycles. The Hall–Kier alpha value is -1.26. The summed E-state index contributed by atoms with van der Waals surface area (Å²) in [5.41, 5.74) is 1.20. The molecule has 4 heteroatoms. The third-order valence-corrected chi connectivity index (χ3v) is 4.46. The first-order valence-corrected chi connectivity index (χ1v) is 7.08. The van der Waals surface area contributed by atoms with Gasteiger partial charge >= 0.3 is 0 Å². The van der Waals surface area contributed by atoms with Crippen molar-refractivity contribution in [1.82, 2.24) is 10.3 Å². The summed E-state index contributed by atoms with van der Waals surface area (Å²) in [4.78, 5) is 4.45. The Bertz CT molecular complexity index is 495.